The van der Waals surface area contributed by atoms with Gasteiger partial charge in [0.2, 0.25) is 15.9 Å². The number of sulfonamides is 1. The van der Waals surface area contributed by atoms with Crippen LogP contribution in [0.15, 0.2) is 53.4 Å². The van der Waals surface area contributed by atoms with Gasteiger partial charge in [-0.25, -0.2) is 22.8 Å². The summed E-state index contributed by atoms with van der Waals surface area (Å²) >= 11 is 0. The highest BCUT2D eigenvalue weighted by Gasteiger charge is 2.37. The summed E-state index contributed by atoms with van der Waals surface area (Å²) in [6, 6.07) is 12.2. The summed E-state index contributed by atoms with van der Waals surface area (Å²) in [5, 5.41) is 7.16. The number of hydrogen-bond donors (Lipinski definition) is 2. The molecule has 2 aromatic carbocycles. The highest BCUT2D eigenvalue weighted by atomic mass is 32.2. The van der Waals surface area contributed by atoms with E-state index in [9.17, 15) is 17.6 Å². The summed E-state index contributed by atoms with van der Waals surface area (Å²) in [5.74, 6) is 0.194. The Morgan fingerprint density at radius 1 is 1.06 bits per heavy atom. The second-order valence-electron chi connectivity index (χ2n) is 9.53. The van der Waals surface area contributed by atoms with E-state index in [0.717, 1.165) is 17.0 Å². The monoisotopic (exact) mass is 512 g/mol. The SMILES string of the molecule is CC(C)[C@@H]1Nc2nc(nc3ccccc23)CN2CCN(S(=O)(=O)c3ccccc3F)CC2CNC1=O. The molecule has 11 heteroatoms. The van der Waals surface area contributed by atoms with E-state index >= 15 is 0 Å². The number of fused-ring (bicyclic) bond motifs is 5. The predicted octanol–water partition coefficient (Wildman–Crippen LogP) is 2.21. The molecule has 1 unspecified atom stereocenters. The average Bonchev–Trinajstić information content (AvgIpc) is 2.87. The molecule has 1 saturated heterocycles. The first kappa shape index (κ1) is 24.5. The van der Waals surface area contributed by atoms with Gasteiger partial charge in [0.25, 0.3) is 0 Å². The number of nitrogens with one attached hydrogen (secondary N) is 2. The van der Waals surface area contributed by atoms with Crippen molar-refractivity contribution < 1.29 is 17.6 Å². The lowest BCUT2D eigenvalue weighted by Gasteiger charge is -2.40. The molecular formula is C25H29FN6O3S. The van der Waals surface area contributed by atoms with E-state index in [-0.39, 0.29) is 42.4 Å². The maximum absolute atomic E-state index is 14.4. The van der Waals surface area contributed by atoms with Crippen LogP contribution in [-0.2, 0) is 21.4 Å². The first-order valence-corrected chi connectivity index (χ1v) is 13.5. The van der Waals surface area contributed by atoms with Gasteiger partial charge < -0.3 is 10.6 Å². The lowest BCUT2D eigenvalue weighted by molar-refractivity contribution is -0.123. The molecule has 0 aliphatic carbocycles. The molecule has 3 heterocycles. The number of aromatic nitrogens is 2. The quantitative estimate of drug-likeness (QED) is 0.554. The number of amides is 1. The number of nitrogens with zero attached hydrogens (tertiary/aromatic N) is 4. The lowest BCUT2D eigenvalue weighted by Crippen LogP contribution is -2.58. The van der Waals surface area contributed by atoms with Gasteiger partial charge >= 0.3 is 0 Å². The Hall–Kier alpha value is -3.15. The van der Waals surface area contributed by atoms with Crippen LogP contribution in [0.3, 0.4) is 0 Å². The van der Waals surface area contributed by atoms with Crippen molar-refractivity contribution in [2.24, 2.45) is 5.92 Å². The van der Waals surface area contributed by atoms with Gasteiger partial charge in [-0.15, -0.1) is 0 Å². The Morgan fingerprint density at radius 3 is 2.58 bits per heavy atom. The van der Waals surface area contributed by atoms with E-state index in [4.69, 9.17) is 9.97 Å². The fraction of sp³-hybridized carbons (Fsp3) is 0.400. The minimum atomic E-state index is -4.03. The summed E-state index contributed by atoms with van der Waals surface area (Å²) in [6.07, 6.45) is 0. The maximum atomic E-state index is 14.4. The van der Waals surface area contributed by atoms with Crippen molar-refractivity contribution in [1.82, 2.24) is 24.5 Å². The zero-order valence-electron chi connectivity index (χ0n) is 20.2. The first-order valence-electron chi connectivity index (χ1n) is 12.0. The van der Waals surface area contributed by atoms with Crippen LogP contribution in [-0.4, -0.2) is 71.8 Å². The maximum Gasteiger partial charge on any atom is 0.246 e. The molecule has 2 N–H and O–H groups in total. The molecule has 36 heavy (non-hydrogen) atoms. The normalized spacial score (nSPS) is 21.9. The van der Waals surface area contributed by atoms with Crippen LogP contribution >= 0.6 is 0 Å². The van der Waals surface area contributed by atoms with Gasteiger partial charge in [-0.3, -0.25) is 9.69 Å². The Morgan fingerprint density at radius 2 is 1.81 bits per heavy atom. The van der Waals surface area contributed by atoms with E-state index in [0.29, 0.717) is 24.7 Å². The second-order valence-corrected chi connectivity index (χ2v) is 11.4. The Bertz CT molecular complexity index is 1400. The van der Waals surface area contributed by atoms with Gasteiger partial charge in [-0.05, 0) is 30.2 Å². The van der Waals surface area contributed by atoms with Crippen molar-refractivity contribution in [3.05, 3.63) is 60.2 Å². The van der Waals surface area contributed by atoms with Crippen molar-refractivity contribution in [1.29, 1.82) is 0 Å². The second kappa shape index (κ2) is 9.72. The van der Waals surface area contributed by atoms with Crippen molar-refractivity contribution in [2.75, 3.05) is 31.5 Å². The number of carbonyl (C=O) groups is 1. The predicted molar refractivity (Wildman–Crippen MR) is 134 cm³/mol. The third-order valence-corrected chi connectivity index (χ3v) is 8.67. The molecule has 1 amide bonds. The van der Waals surface area contributed by atoms with Crippen LogP contribution < -0.4 is 10.6 Å². The summed E-state index contributed by atoms with van der Waals surface area (Å²) < 4.78 is 42.2. The van der Waals surface area contributed by atoms with Gasteiger partial charge in [0.1, 0.15) is 28.4 Å². The molecule has 0 radical (unpaired) electrons. The number of anilines is 1. The van der Waals surface area contributed by atoms with Gasteiger partial charge in [-0.1, -0.05) is 38.1 Å². The molecule has 9 nitrogen and oxygen atoms in total. The number of piperazine rings is 1. The lowest BCUT2D eigenvalue weighted by atomic mass is 10.0. The molecule has 2 bridgehead atoms. The van der Waals surface area contributed by atoms with Crippen molar-refractivity contribution in [3.8, 4) is 0 Å². The highest BCUT2D eigenvalue weighted by Crippen LogP contribution is 2.26. The van der Waals surface area contributed by atoms with Gasteiger partial charge in [0.15, 0.2) is 0 Å². The zero-order valence-corrected chi connectivity index (χ0v) is 21.0. The van der Waals surface area contributed by atoms with Crippen LogP contribution in [0.4, 0.5) is 10.2 Å². The molecule has 5 rings (SSSR count). The van der Waals surface area contributed by atoms with Crippen LogP contribution in [0.25, 0.3) is 10.9 Å². The van der Waals surface area contributed by atoms with Crippen LogP contribution in [0.5, 0.6) is 0 Å². The van der Waals surface area contributed by atoms with Gasteiger partial charge in [-0.2, -0.15) is 4.31 Å². The molecule has 0 spiro atoms. The van der Waals surface area contributed by atoms with E-state index in [1.165, 1.54) is 22.5 Å². The molecule has 2 aliphatic heterocycles. The Balaban J connectivity index is 1.50. The summed E-state index contributed by atoms with van der Waals surface area (Å²) in [4.78, 5) is 24.5. The number of carbonyl (C=O) groups excluding carboxylic acids is 1. The molecule has 1 aromatic heterocycles. The van der Waals surface area contributed by atoms with Crippen molar-refractivity contribution in [3.63, 3.8) is 0 Å². The fourth-order valence-corrected chi connectivity index (χ4v) is 6.31. The summed E-state index contributed by atoms with van der Waals surface area (Å²) in [6.45, 7) is 5.22. The number of hydrogen-bond acceptors (Lipinski definition) is 7. The third-order valence-electron chi connectivity index (χ3n) is 6.77. The van der Waals surface area contributed by atoms with Crippen LogP contribution in [0.1, 0.15) is 19.7 Å². The van der Waals surface area contributed by atoms with Gasteiger partial charge in [0.05, 0.1) is 12.1 Å². The minimum Gasteiger partial charge on any atom is -0.358 e. The Kier molecular flexibility index (Phi) is 6.62. The molecular weight excluding hydrogens is 483 g/mol. The summed E-state index contributed by atoms with van der Waals surface area (Å²) in [7, 11) is -4.03. The number of halogens is 1. The van der Waals surface area contributed by atoms with Crippen LogP contribution in [0.2, 0.25) is 0 Å². The number of rotatable bonds is 3. The van der Waals surface area contributed by atoms with E-state index in [2.05, 4.69) is 15.5 Å². The Labute approximate surface area is 209 Å². The average molecular weight is 513 g/mol. The summed E-state index contributed by atoms with van der Waals surface area (Å²) in [5.41, 5.74) is 0.768. The van der Waals surface area contributed by atoms with E-state index in [1.807, 2.05) is 38.1 Å². The largest absolute Gasteiger partial charge is 0.358 e. The topological polar surface area (TPSA) is 108 Å². The standard InChI is InChI=1S/C25H29FN6O3S/c1-16(2)23-25(33)27-13-17-14-32(36(34,35)21-10-6-4-8-19(21)26)12-11-31(17)15-22-28-20-9-5-3-7-18(20)24(29-22)30-23/h3-10,16-17,23H,11-15H2,1-2H3,(H,27,33)(H,28,29,30)/t17?,23-/m0/s1. The molecule has 0 saturated carbocycles. The third kappa shape index (κ3) is 4.65. The minimum absolute atomic E-state index is 0.0247. The molecule has 3 aromatic rings. The molecule has 2 atom stereocenters. The molecule has 1 fully saturated rings. The zero-order chi connectivity index (χ0) is 25.4. The van der Waals surface area contributed by atoms with E-state index in [1.54, 1.807) is 0 Å². The van der Waals surface area contributed by atoms with Crippen LogP contribution in [0, 0.1) is 11.7 Å². The smallest absolute Gasteiger partial charge is 0.246 e. The highest BCUT2D eigenvalue weighted by molar-refractivity contribution is 7.89. The molecule has 190 valence electrons. The first-order chi connectivity index (χ1) is 17.2. The van der Waals surface area contributed by atoms with Crippen molar-refractivity contribution >= 4 is 32.7 Å². The van der Waals surface area contributed by atoms with Gasteiger partial charge in [0, 0.05) is 37.6 Å². The molecule has 2 aliphatic rings. The van der Waals surface area contributed by atoms with Crippen molar-refractivity contribution in [2.45, 2.75) is 37.4 Å². The van der Waals surface area contributed by atoms with E-state index < -0.39 is 21.9 Å². The fourth-order valence-electron chi connectivity index (χ4n) is 4.78. The number of benzene rings is 2. The number of para-hydroxylation sites is 1.